The van der Waals surface area contributed by atoms with E-state index in [9.17, 15) is 0 Å². The SMILES string of the molecule is CC.CCOP(=S)(OC)Oc1cc(Cl)c(Cl)cc1Cl. The molecule has 0 aliphatic carbocycles. The molecule has 1 aromatic carbocycles. The quantitative estimate of drug-likeness (QED) is 0.475. The van der Waals surface area contributed by atoms with Crippen molar-refractivity contribution in [3.63, 3.8) is 0 Å². The van der Waals surface area contributed by atoms with Crippen LogP contribution in [-0.4, -0.2) is 13.7 Å². The molecular weight excluding hydrogens is 350 g/mol. The zero-order valence-electron chi connectivity index (χ0n) is 11.1. The number of benzene rings is 1. The second kappa shape index (κ2) is 9.41. The molecule has 0 bridgehead atoms. The van der Waals surface area contributed by atoms with Gasteiger partial charge in [-0.05, 0) is 13.0 Å². The van der Waals surface area contributed by atoms with Gasteiger partial charge in [-0.2, -0.15) is 0 Å². The number of halogens is 3. The molecular formula is C11H16Cl3O3PS. The van der Waals surface area contributed by atoms with Gasteiger partial charge in [0.25, 0.3) is 0 Å². The molecule has 8 heteroatoms. The summed E-state index contributed by atoms with van der Waals surface area (Å²) < 4.78 is 15.8. The van der Waals surface area contributed by atoms with Crippen LogP contribution in [0.25, 0.3) is 0 Å². The molecule has 0 N–H and O–H groups in total. The molecule has 0 aliphatic heterocycles. The second-order valence-corrected chi connectivity index (χ2v) is 7.10. The summed E-state index contributed by atoms with van der Waals surface area (Å²) in [6.45, 7) is 3.33. The normalized spacial score (nSPS) is 13.2. The topological polar surface area (TPSA) is 27.7 Å². The van der Waals surface area contributed by atoms with Gasteiger partial charge in [0.1, 0.15) is 5.75 Å². The molecule has 0 heterocycles. The summed E-state index contributed by atoms with van der Waals surface area (Å²) in [6.07, 6.45) is 0. The average Bonchev–Trinajstić information content (AvgIpc) is 2.39. The molecule has 0 amide bonds. The molecule has 0 saturated heterocycles. The van der Waals surface area contributed by atoms with E-state index in [0.717, 1.165) is 0 Å². The molecule has 0 saturated carbocycles. The Morgan fingerprint density at radius 2 is 1.63 bits per heavy atom. The van der Waals surface area contributed by atoms with Crippen LogP contribution < -0.4 is 4.52 Å². The van der Waals surface area contributed by atoms with Crippen molar-refractivity contribution < 1.29 is 13.6 Å². The summed E-state index contributed by atoms with van der Waals surface area (Å²) in [4.78, 5) is 0. The van der Waals surface area contributed by atoms with Crippen molar-refractivity contribution in [2.45, 2.75) is 20.8 Å². The highest BCUT2D eigenvalue weighted by Crippen LogP contribution is 2.51. The molecule has 19 heavy (non-hydrogen) atoms. The Hall–Kier alpha value is 0.460. The molecule has 0 aliphatic rings. The Balaban J connectivity index is 0.00000154. The highest BCUT2D eigenvalue weighted by molar-refractivity contribution is 8.07. The van der Waals surface area contributed by atoms with Crippen LogP contribution in [0.15, 0.2) is 12.1 Å². The molecule has 1 aromatic rings. The van der Waals surface area contributed by atoms with E-state index >= 15 is 0 Å². The van der Waals surface area contributed by atoms with Crippen LogP contribution in [0.4, 0.5) is 0 Å². The lowest BCUT2D eigenvalue weighted by Crippen LogP contribution is -2.00. The smallest absolute Gasteiger partial charge is 0.380 e. The zero-order chi connectivity index (χ0) is 15.1. The maximum Gasteiger partial charge on any atom is 0.380 e. The lowest BCUT2D eigenvalue weighted by molar-refractivity contribution is 0.242. The van der Waals surface area contributed by atoms with E-state index in [4.69, 9.17) is 60.2 Å². The van der Waals surface area contributed by atoms with Crippen molar-refractivity contribution in [3.8, 4) is 5.75 Å². The van der Waals surface area contributed by atoms with Gasteiger partial charge in [0.2, 0.25) is 0 Å². The molecule has 0 aromatic heterocycles. The highest BCUT2D eigenvalue weighted by Gasteiger charge is 2.22. The Morgan fingerprint density at radius 3 is 2.11 bits per heavy atom. The van der Waals surface area contributed by atoms with Crippen molar-refractivity contribution >= 4 is 53.3 Å². The molecule has 0 radical (unpaired) electrons. The Morgan fingerprint density at radius 1 is 1.11 bits per heavy atom. The van der Waals surface area contributed by atoms with E-state index < -0.39 is 6.72 Å². The van der Waals surface area contributed by atoms with E-state index in [1.807, 2.05) is 13.8 Å². The van der Waals surface area contributed by atoms with Crippen molar-refractivity contribution in [1.82, 2.24) is 0 Å². The molecule has 0 spiro atoms. The fraction of sp³-hybridized carbons (Fsp3) is 0.455. The van der Waals surface area contributed by atoms with Gasteiger partial charge in [-0.25, -0.2) is 0 Å². The lowest BCUT2D eigenvalue weighted by atomic mass is 10.3. The predicted octanol–water partition coefficient (Wildman–Crippen LogP) is 5.96. The Bertz CT molecular complexity index is 457. The predicted molar refractivity (Wildman–Crippen MR) is 86.4 cm³/mol. The van der Waals surface area contributed by atoms with Gasteiger partial charge < -0.3 is 9.05 Å². The van der Waals surface area contributed by atoms with Crippen LogP contribution in [0.5, 0.6) is 5.75 Å². The van der Waals surface area contributed by atoms with E-state index in [0.29, 0.717) is 27.4 Å². The minimum atomic E-state index is -2.84. The standard InChI is InChI=1S/C9H10Cl3O3PS.C2H6/c1-3-14-16(17,13-2)15-9-5-7(11)6(10)4-8(9)12;1-2/h4-5H,3H2,1-2H3;1-2H3. The summed E-state index contributed by atoms with van der Waals surface area (Å²) in [5.74, 6) is 0.291. The van der Waals surface area contributed by atoms with E-state index in [2.05, 4.69) is 0 Å². The van der Waals surface area contributed by atoms with Crippen LogP contribution >= 0.6 is 41.5 Å². The summed E-state index contributed by atoms with van der Waals surface area (Å²) >= 11 is 22.7. The first-order valence-electron chi connectivity index (χ1n) is 5.56. The molecule has 3 nitrogen and oxygen atoms in total. The maximum atomic E-state index is 5.96. The summed E-state index contributed by atoms with van der Waals surface area (Å²) in [7, 11) is 1.42. The van der Waals surface area contributed by atoms with Crippen LogP contribution in [-0.2, 0) is 20.9 Å². The largest absolute Gasteiger partial charge is 0.422 e. The second-order valence-electron chi connectivity index (χ2n) is 2.84. The first-order chi connectivity index (χ1) is 8.91. The first kappa shape index (κ1) is 19.5. The van der Waals surface area contributed by atoms with Crippen molar-refractivity contribution in [1.29, 1.82) is 0 Å². The fourth-order valence-electron chi connectivity index (χ4n) is 0.969. The fourth-order valence-corrected chi connectivity index (χ4v) is 3.10. The third-order valence-electron chi connectivity index (χ3n) is 1.70. The molecule has 1 rings (SSSR count). The summed E-state index contributed by atoms with van der Waals surface area (Å²) in [5.41, 5.74) is 0. The monoisotopic (exact) mass is 364 g/mol. The number of hydrogen-bond acceptors (Lipinski definition) is 4. The van der Waals surface area contributed by atoms with E-state index in [1.54, 1.807) is 6.92 Å². The van der Waals surface area contributed by atoms with Crippen molar-refractivity contribution in [3.05, 3.63) is 27.2 Å². The molecule has 1 unspecified atom stereocenters. The lowest BCUT2D eigenvalue weighted by Gasteiger charge is -2.20. The molecule has 0 fully saturated rings. The Labute approximate surface area is 134 Å². The minimum Gasteiger partial charge on any atom is -0.422 e. The minimum absolute atomic E-state index is 0.291. The first-order valence-corrected chi connectivity index (χ1v) is 9.25. The molecule has 1 atom stereocenters. The summed E-state index contributed by atoms with van der Waals surface area (Å²) in [6, 6.07) is 2.95. The van der Waals surface area contributed by atoms with Gasteiger partial charge >= 0.3 is 6.72 Å². The van der Waals surface area contributed by atoms with Crippen LogP contribution in [0.3, 0.4) is 0 Å². The third kappa shape index (κ3) is 6.17. The van der Waals surface area contributed by atoms with Gasteiger partial charge in [-0.3, -0.25) is 4.52 Å². The van der Waals surface area contributed by atoms with Crippen LogP contribution in [0.1, 0.15) is 20.8 Å². The van der Waals surface area contributed by atoms with Gasteiger partial charge in [-0.15, -0.1) is 0 Å². The van der Waals surface area contributed by atoms with Gasteiger partial charge in [0.15, 0.2) is 0 Å². The molecule has 110 valence electrons. The number of rotatable bonds is 5. The number of hydrogen-bond donors (Lipinski definition) is 0. The van der Waals surface area contributed by atoms with Crippen LogP contribution in [0, 0.1) is 0 Å². The zero-order valence-corrected chi connectivity index (χ0v) is 15.1. The van der Waals surface area contributed by atoms with Gasteiger partial charge in [0, 0.05) is 25.0 Å². The average molecular weight is 366 g/mol. The summed E-state index contributed by atoms with van der Waals surface area (Å²) in [5, 5.41) is 0.955. The van der Waals surface area contributed by atoms with Crippen molar-refractivity contribution in [2.75, 3.05) is 13.7 Å². The van der Waals surface area contributed by atoms with Gasteiger partial charge in [-0.1, -0.05) is 48.7 Å². The van der Waals surface area contributed by atoms with Crippen LogP contribution in [0.2, 0.25) is 15.1 Å². The maximum absolute atomic E-state index is 5.96. The van der Waals surface area contributed by atoms with Gasteiger partial charge in [0.05, 0.1) is 21.7 Å². The van der Waals surface area contributed by atoms with Crippen molar-refractivity contribution in [2.24, 2.45) is 0 Å². The van der Waals surface area contributed by atoms with E-state index in [1.165, 1.54) is 19.2 Å². The highest BCUT2D eigenvalue weighted by atomic mass is 35.5. The third-order valence-corrected chi connectivity index (χ3v) is 5.14. The van der Waals surface area contributed by atoms with E-state index in [-0.39, 0.29) is 0 Å². The Kier molecular flexibility index (Phi) is 9.63.